The predicted octanol–water partition coefficient (Wildman–Crippen LogP) is 4.63. The van der Waals surface area contributed by atoms with E-state index in [2.05, 4.69) is 35.3 Å². The summed E-state index contributed by atoms with van der Waals surface area (Å²) >= 11 is 6.14. The number of nitrogens with one attached hydrogen (secondary N) is 1. The number of rotatable bonds is 3. The molecule has 2 aliphatic rings. The summed E-state index contributed by atoms with van der Waals surface area (Å²) in [6, 6.07) is 7.05. The molecule has 126 valence electrons. The molecular weight excluding hydrogens is 339 g/mol. The Morgan fingerprint density at radius 2 is 1.77 bits per heavy atom. The van der Waals surface area contributed by atoms with Crippen molar-refractivity contribution in [3.8, 4) is 0 Å². The molecule has 1 saturated heterocycles. The summed E-state index contributed by atoms with van der Waals surface area (Å²) in [5, 5.41) is 4.33. The zero-order valence-corrected chi connectivity index (χ0v) is 15.6. The van der Waals surface area contributed by atoms with Crippen LogP contribution in [0, 0.1) is 12.8 Å². The topological polar surface area (TPSA) is 15.3 Å². The summed E-state index contributed by atoms with van der Waals surface area (Å²) in [6.45, 7) is 6.80. The number of hydrogen-bond acceptors (Lipinski definition) is 2. The van der Waals surface area contributed by atoms with E-state index in [0.717, 1.165) is 24.0 Å². The fourth-order valence-corrected chi connectivity index (χ4v) is 4.18. The van der Waals surface area contributed by atoms with Crippen molar-refractivity contribution in [1.29, 1.82) is 0 Å². The molecule has 0 radical (unpaired) electrons. The lowest BCUT2D eigenvalue weighted by molar-refractivity contribution is 0.125. The number of hydrogen-bond donors (Lipinski definition) is 1. The van der Waals surface area contributed by atoms with Crippen molar-refractivity contribution in [3.63, 3.8) is 0 Å². The Hall–Kier alpha value is 0.01000. The molecule has 3 rings (SSSR count). The first-order chi connectivity index (χ1) is 9.75. The highest BCUT2D eigenvalue weighted by atomic mass is 35.5. The second-order valence-corrected chi connectivity index (χ2v) is 6.71. The van der Waals surface area contributed by atoms with Crippen LogP contribution in [0.5, 0.6) is 0 Å². The Bertz CT molecular complexity index is 455. The van der Waals surface area contributed by atoms with E-state index in [1.807, 2.05) is 0 Å². The maximum Gasteiger partial charge on any atom is 0.0408 e. The Morgan fingerprint density at radius 3 is 2.36 bits per heavy atom. The molecule has 1 saturated carbocycles. The second kappa shape index (κ2) is 9.34. The SMILES string of the molecule is Cc1cc(Cl)ccc1[C@@H](C1CCCC1)N1CCNCC1.Cl.Cl. The minimum absolute atomic E-state index is 0. The lowest BCUT2D eigenvalue weighted by Gasteiger charge is -2.39. The van der Waals surface area contributed by atoms with Crippen molar-refractivity contribution in [2.45, 2.75) is 38.6 Å². The van der Waals surface area contributed by atoms with Crippen LogP contribution in [0.25, 0.3) is 0 Å². The van der Waals surface area contributed by atoms with E-state index in [0.29, 0.717) is 6.04 Å². The molecule has 2 fully saturated rings. The van der Waals surface area contributed by atoms with E-state index in [-0.39, 0.29) is 24.8 Å². The van der Waals surface area contributed by atoms with Gasteiger partial charge in [0.25, 0.3) is 0 Å². The lowest BCUT2D eigenvalue weighted by atomic mass is 9.87. The largest absolute Gasteiger partial charge is 0.314 e. The van der Waals surface area contributed by atoms with Gasteiger partial charge in [0.05, 0.1) is 0 Å². The van der Waals surface area contributed by atoms with Crippen LogP contribution in [-0.2, 0) is 0 Å². The molecule has 0 bridgehead atoms. The van der Waals surface area contributed by atoms with Crippen LogP contribution in [0.3, 0.4) is 0 Å². The van der Waals surface area contributed by atoms with Gasteiger partial charge in [0.15, 0.2) is 0 Å². The first-order valence-electron chi connectivity index (χ1n) is 7.96. The van der Waals surface area contributed by atoms with E-state index < -0.39 is 0 Å². The maximum absolute atomic E-state index is 6.14. The van der Waals surface area contributed by atoms with Gasteiger partial charge < -0.3 is 5.32 Å². The van der Waals surface area contributed by atoms with Crippen LogP contribution < -0.4 is 5.32 Å². The number of aryl methyl sites for hydroxylation is 1. The summed E-state index contributed by atoms with van der Waals surface area (Å²) in [5.41, 5.74) is 2.86. The van der Waals surface area contributed by atoms with Gasteiger partial charge in [-0.1, -0.05) is 30.5 Å². The highest BCUT2D eigenvalue weighted by molar-refractivity contribution is 6.30. The molecule has 0 unspecified atom stereocenters. The standard InChI is InChI=1S/C17H25ClN2.2ClH/c1-13-12-15(18)6-7-16(13)17(14-4-2-3-5-14)20-10-8-19-9-11-20;;/h6-7,12,14,17,19H,2-5,8-11H2,1H3;2*1H/t17-;;/m1../s1. The summed E-state index contributed by atoms with van der Waals surface area (Å²) < 4.78 is 0. The fraction of sp³-hybridized carbons (Fsp3) is 0.647. The van der Waals surface area contributed by atoms with Crippen molar-refractivity contribution >= 4 is 36.4 Å². The second-order valence-electron chi connectivity index (χ2n) is 6.28. The third-order valence-electron chi connectivity index (χ3n) is 4.94. The van der Waals surface area contributed by atoms with Crippen LogP contribution in [0.4, 0.5) is 0 Å². The Balaban J connectivity index is 0.00000121. The average Bonchev–Trinajstić information content (AvgIpc) is 2.97. The van der Waals surface area contributed by atoms with Gasteiger partial charge in [-0.25, -0.2) is 0 Å². The minimum Gasteiger partial charge on any atom is -0.314 e. The quantitative estimate of drug-likeness (QED) is 0.840. The van der Waals surface area contributed by atoms with Crippen LogP contribution in [-0.4, -0.2) is 31.1 Å². The fourth-order valence-electron chi connectivity index (χ4n) is 3.95. The molecule has 1 heterocycles. The first-order valence-corrected chi connectivity index (χ1v) is 8.34. The summed E-state index contributed by atoms with van der Waals surface area (Å²) in [7, 11) is 0. The van der Waals surface area contributed by atoms with Crippen molar-refractivity contribution in [2.75, 3.05) is 26.2 Å². The Morgan fingerprint density at radius 1 is 1.14 bits per heavy atom. The third-order valence-corrected chi connectivity index (χ3v) is 5.18. The third kappa shape index (κ3) is 4.52. The molecule has 1 aliphatic carbocycles. The van der Waals surface area contributed by atoms with Gasteiger partial charge in [0.1, 0.15) is 0 Å². The van der Waals surface area contributed by atoms with E-state index in [4.69, 9.17) is 11.6 Å². The normalized spacial score (nSPS) is 21.0. The molecule has 1 aromatic rings. The van der Waals surface area contributed by atoms with Crippen LogP contribution in [0.1, 0.15) is 42.9 Å². The van der Waals surface area contributed by atoms with Crippen LogP contribution >= 0.6 is 36.4 Å². The van der Waals surface area contributed by atoms with Crippen molar-refractivity contribution in [2.24, 2.45) is 5.92 Å². The zero-order valence-electron chi connectivity index (χ0n) is 13.2. The monoisotopic (exact) mass is 364 g/mol. The average molecular weight is 366 g/mol. The van der Waals surface area contributed by atoms with Gasteiger partial charge in [0, 0.05) is 37.2 Å². The molecule has 1 aromatic carbocycles. The number of halogens is 3. The highest BCUT2D eigenvalue weighted by Crippen LogP contribution is 2.41. The van der Waals surface area contributed by atoms with Gasteiger partial charge in [-0.3, -0.25) is 4.90 Å². The smallest absolute Gasteiger partial charge is 0.0408 e. The lowest BCUT2D eigenvalue weighted by Crippen LogP contribution is -2.46. The molecule has 2 nitrogen and oxygen atoms in total. The summed E-state index contributed by atoms with van der Waals surface area (Å²) in [4.78, 5) is 2.70. The van der Waals surface area contributed by atoms with E-state index in [1.165, 1.54) is 49.9 Å². The Labute approximate surface area is 151 Å². The predicted molar refractivity (Wildman–Crippen MR) is 99.8 cm³/mol. The summed E-state index contributed by atoms with van der Waals surface area (Å²) in [5.74, 6) is 0.827. The van der Waals surface area contributed by atoms with Crippen LogP contribution in [0.2, 0.25) is 5.02 Å². The van der Waals surface area contributed by atoms with Crippen LogP contribution in [0.15, 0.2) is 18.2 Å². The number of nitrogens with zero attached hydrogens (tertiary/aromatic N) is 1. The molecule has 0 amide bonds. The van der Waals surface area contributed by atoms with Gasteiger partial charge in [-0.2, -0.15) is 0 Å². The van der Waals surface area contributed by atoms with E-state index >= 15 is 0 Å². The van der Waals surface area contributed by atoms with Gasteiger partial charge >= 0.3 is 0 Å². The van der Waals surface area contributed by atoms with Gasteiger partial charge in [-0.15, -0.1) is 24.8 Å². The highest BCUT2D eigenvalue weighted by Gasteiger charge is 2.32. The molecule has 1 aliphatic heterocycles. The number of benzene rings is 1. The zero-order chi connectivity index (χ0) is 13.9. The number of piperazine rings is 1. The molecule has 0 spiro atoms. The molecule has 22 heavy (non-hydrogen) atoms. The molecule has 0 aromatic heterocycles. The van der Waals surface area contributed by atoms with Crippen molar-refractivity contribution in [1.82, 2.24) is 10.2 Å². The summed E-state index contributed by atoms with van der Waals surface area (Å²) in [6.07, 6.45) is 5.58. The van der Waals surface area contributed by atoms with Crippen molar-refractivity contribution < 1.29 is 0 Å². The van der Waals surface area contributed by atoms with E-state index in [9.17, 15) is 0 Å². The maximum atomic E-state index is 6.14. The van der Waals surface area contributed by atoms with Crippen molar-refractivity contribution in [3.05, 3.63) is 34.3 Å². The van der Waals surface area contributed by atoms with E-state index in [1.54, 1.807) is 0 Å². The van der Waals surface area contributed by atoms with Gasteiger partial charge in [0.2, 0.25) is 0 Å². The molecule has 1 atom stereocenters. The molecular formula is C17H27Cl3N2. The minimum atomic E-state index is 0. The Kier molecular flexibility index (Phi) is 8.52. The molecule has 5 heteroatoms. The first kappa shape index (κ1) is 20.1. The molecule has 1 N–H and O–H groups in total. The van der Waals surface area contributed by atoms with Gasteiger partial charge in [-0.05, 0) is 48.9 Å².